The van der Waals surface area contributed by atoms with Crippen molar-refractivity contribution in [3.8, 4) is 0 Å². The first-order valence-corrected chi connectivity index (χ1v) is 3.63. The summed E-state index contributed by atoms with van der Waals surface area (Å²) < 4.78 is 0. The molecule has 0 fully saturated rings. The highest BCUT2D eigenvalue weighted by Crippen LogP contribution is 1.94. The lowest BCUT2D eigenvalue weighted by atomic mass is 10.2. The monoisotopic (exact) mass is 132 g/mol. The lowest BCUT2D eigenvalue weighted by Crippen LogP contribution is -1.62. The molecular weight excluding hydrogens is 120 g/mol. The molecule has 0 heterocycles. The highest BCUT2D eigenvalue weighted by atomic mass is 13.8. The third-order valence-electron chi connectivity index (χ3n) is 1.32. The van der Waals surface area contributed by atoms with Crippen LogP contribution < -0.4 is 0 Å². The standard InChI is InChI=1S/C10H12/c1-2-4-6-8-10-9-7-5-3-1/h1-6,9-10H,7-8H2/b2-1+,5-3?,6-4?,10-9+. The van der Waals surface area contributed by atoms with Crippen LogP contribution in [-0.4, -0.2) is 0 Å². The summed E-state index contributed by atoms with van der Waals surface area (Å²) in [6, 6.07) is 0. The Hall–Kier alpha value is -1.04. The Bertz CT molecular complexity index is 160. The summed E-state index contributed by atoms with van der Waals surface area (Å²) in [5, 5.41) is 0. The summed E-state index contributed by atoms with van der Waals surface area (Å²) in [4.78, 5) is 0. The van der Waals surface area contributed by atoms with Gasteiger partial charge in [-0.3, -0.25) is 0 Å². The maximum atomic E-state index is 2.18. The lowest BCUT2D eigenvalue weighted by Gasteiger charge is -1.84. The van der Waals surface area contributed by atoms with Crippen LogP contribution >= 0.6 is 0 Å². The van der Waals surface area contributed by atoms with E-state index < -0.39 is 0 Å². The molecule has 0 aromatic rings. The summed E-state index contributed by atoms with van der Waals surface area (Å²) in [5.74, 6) is 0. The molecule has 0 nitrogen and oxygen atoms in total. The zero-order valence-electron chi connectivity index (χ0n) is 6.03. The van der Waals surface area contributed by atoms with E-state index in [9.17, 15) is 0 Å². The van der Waals surface area contributed by atoms with Gasteiger partial charge in [-0.2, -0.15) is 0 Å². The second-order valence-electron chi connectivity index (χ2n) is 2.18. The highest BCUT2D eigenvalue weighted by molar-refractivity contribution is 5.14. The van der Waals surface area contributed by atoms with E-state index in [-0.39, 0.29) is 0 Å². The SMILES string of the molecule is C1=CC/C=C/CC=C/C=C/1. The smallest absolute Gasteiger partial charge is 0.0166 e. The van der Waals surface area contributed by atoms with Crippen LogP contribution in [0.15, 0.2) is 48.6 Å². The minimum Gasteiger partial charge on any atom is -0.0844 e. The van der Waals surface area contributed by atoms with Gasteiger partial charge in [0.15, 0.2) is 0 Å². The molecule has 0 amide bonds. The molecule has 1 rings (SSSR count). The van der Waals surface area contributed by atoms with Crippen LogP contribution in [0.5, 0.6) is 0 Å². The Labute approximate surface area is 62.3 Å². The van der Waals surface area contributed by atoms with E-state index in [0.29, 0.717) is 0 Å². The molecule has 0 spiro atoms. The van der Waals surface area contributed by atoms with Crippen molar-refractivity contribution in [2.75, 3.05) is 0 Å². The van der Waals surface area contributed by atoms with E-state index in [1.54, 1.807) is 0 Å². The van der Waals surface area contributed by atoms with Crippen molar-refractivity contribution >= 4 is 0 Å². The van der Waals surface area contributed by atoms with Crippen LogP contribution in [0.25, 0.3) is 0 Å². The molecule has 1 aliphatic carbocycles. The average Bonchev–Trinajstić information content (AvgIpc) is 2.01. The summed E-state index contributed by atoms with van der Waals surface area (Å²) in [6.45, 7) is 0. The molecule has 0 bridgehead atoms. The Morgan fingerprint density at radius 3 is 1.50 bits per heavy atom. The summed E-state index contributed by atoms with van der Waals surface area (Å²) in [5.41, 5.74) is 0. The number of rotatable bonds is 0. The van der Waals surface area contributed by atoms with Crippen molar-refractivity contribution in [1.82, 2.24) is 0 Å². The van der Waals surface area contributed by atoms with Crippen LogP contribution in [-0.2, 0) is 0 Å². The molecule has 0 N–H and O–H groups in total. The van der Waals surface area contributed by atoms with Crippen LogP contribution in [0.4, 0.5) is 0 Å². The first kappa shape index (κ1) is 7.07. The average molecular weight is 132 g/mol. The predicted molar refractivity (Wildman–Crippen MR) is 45.8 cm³/mol. The first-order chi connectivity index (χ1) is 5.00. The summed E-state index contributed by atoms with van der Waals surface area (Å²) in [6.07, 6.45) is 19.0. The number of hydrogen-bond acceptors (Lipinski definition) is 0. The normalized spacial score (nSPS) is 24.0. The van der Waals surface area contributed by atoms with Gasteiger partial charge in [-0.25, -0.2) is 0 Å². The zero-order chi connectivity index (χ0) is 7.07. The molecule has 0 unspecified atom stereocenters. The molecule has 0 saturated heterocycles. The third-order valence-corrected chi connectivity index (χ3v) is 1.32. The van der Waals surface area contributed by atoms with Crippen molar-refractivity contribution in [2.24, 2.45) is 0 Å². The minimum atomic E-state index is 1.05. The number of hydrogen-bond donors (Lipinski definition) is 0. The summed E-state index contributed by atoms with van der Waals surface area (Å²) in [7, 11) is 0. The van der Waals surface area contributed by atoms with Gasteiger partial charge in [-0.05, 0) is 12.8 Å². The van der Waals surface area contributed by atoms with Gasteiger partial charge < -0.3 is 0 Å². The number of allylic oxidation sites excluding steroid dienone is 8. The van der Waals surface area contributed by atoms with E-state index in [2.05, 4.69) is 48.6 Å². The largest absolute Gasteiger partial charge is 0.0844 e. The maximum absolute atomic E-state index is 2.18. The van der Waals surface area contributed by atoms with Gasteiger partial charge in [0.1, 0.15) is 0 Å². The van der Waals surface area contributed by atoms with Crippen molar-refractivity contribution in [1.29, 1.82) is 0 Å². The van der Waals surface area contributed by atoms with Gasteiger partial charge in [-0.15, -0.1) is 0 Å². The van der Waals surface area contributed by atoms with E-state index in [1.165, 1.54) is 0 Å². The molecular formula is C10H12. The minimum absolute atomic E-state index is 1.05. The van der Waals surface area contributed by atoms with Crippen molar-refractivity contribution in [3.05, 3.63) is 48.6 Å². The van der Waals surface area contributed by atoms with E-state index >= 15 is 0 Å². The van der Waals surface area contributed by atoms with Crippen LogP contribution in [0, 0.1) is 0 Å². The highest BCUT2D eigenvalue weighted by Gasteiger charge is 1.73. The van der Waals surface area contributed by atoms with E-state index in [0.717, 1.165) is 12.8 Å². The zero-order valence-corrected chi connectivity index (χ0v) is 6.03. The second kappa shape index (κ2) is 4.80. The topological polar surface area (TPSA) is 0 Å². The Morgan fingerprint density at radius 1 is 0.500 bits per heavy atom. The fourth-order valence-electron chi connectivity index (χ4n) is 0.792. The van der Waals surface area contributed by atoms with Gasteiger partial charge in [-0.1, -0.05) is 48.6 Å². The fraction of sp³-hybridized carbons (Fsp3) is 0.200. The van der Waals surface area contributed by atoms with Crippen LogP contribution in [0.2, 0.25) is 0 Å². The molecule has 0 atom stereocenters. The molecule has 10 heavy (non-hydrogen) atoms. The molecule has 0 aromatic heterocycles. The molecule has 1 aliphatic rings. The van der Waals surface area contributed by atoms with Gasteiger partial charge >= 0.3 is 0 Å². The molecule has 52 valence electrons. The molecule has 0 aromatic carbocycles. The fourth-order valence-corrected chi connectivity index (χ4v) is 0.792. The maximum Gasteiger partial charge on any atom is -0.0166 e. The quantitative estimate of drug-likeness (QED) is 0.444. The summed E-state index contributed by atoms with van der Waals surface area (Å²) >= 11 is 0. The van der Waals surface area contributed by atoms with Crippen LogP contribution in [0.1, 0.15) is 12.8 Å². The third kappa shape index (κ3) is 3.08. The van der Waals surface area contributed by atoms with Crippen molar-refractivity contribution < 1.29 is 0 Å². The van der Waals surface area contributed by atoms with Gasteiger partial charge in [0.05, 0.1) is 0 Å². The molecule has 0 radical (unpaired) electrons. The molecule has 0 aliphatic heterocycles. The first-order valence-electron chi connectivity index (χ1n) is 3.63. The van der Waals surface area contributed by atoms with Crippen molar-refractivity contribution in [3.63, 3.8) is 0 Å². The Kier molecular flexibility index (Phi) is 3.40. The van der Waals surface area contributed by atoms with E-state index in [4.69, 9.17) is 0 Å². The molecule has 0 saturated carbocycles. The van der Waals surface area contributed by atoms with Crippen molar-refractivity contribution in [2.45, 2.75) is 12.8 Å². The van der Waals surface area contributed by atoms with Gasteiger partial charge in [0.2, 0.25) is 0 Å². The second-order valence-corrected chi connectivity index (χ2v) is 2.18. The Morgan fingerprint density at radius 2 is 1.00 bits per heavy atom. The predicted octanol–water partition coefficient (Wildman–Crippen LogP) is 3.01. The lowest BCUT2D eigenvalue weighted by molar-refractivity contribution is 1.31. The van der Waals surface area contributed by atoms with Gasteiger partial charge in [0.25, 0.3) is 0 Å². The van der Waals surface area contributed by atoms with Crippen LogP contribution in [0.3, 0.4) is 0 Å². The Balaban J connectivity index is 2.51. The van der Waals surface area contributed by atoms with Gasteiger partial charge in [0, 0.05) is 0 Å². The molecule has 0 heteroatoms. The van der Waals surface area contributed by atoms with E-state index in [1.807, 2.05) is 0 Å².